The van der Waals surface area contributed by atoms with Crippen LogP contribution < -0.4 is 4.74 Å². The van der Waals surface area contributed by atoms with Gasteiger partial charge in [-0.05, 0) is 6.07 Å². The molecule has 0 atom stereocenters. The molecule has 120 valence electrons. The van der Waals surface area contributed by atoms with Gasteiger partial charge >= 0.3 is 51.0 Å². The molecule has 1 aromatic heterocycles. The predicted molar refractivity (Wildman–Crippen MR) is 74.5 cm³/mol. The summed E-state index contributed by atoms with van der Waals surface area (Å²) < 4.78 is 27.4. The zero-order valence-corrected chi connectivity index (χ0v) is 14.0. The summed E-state index contributed by atoms with van der Waals surface area (Å²) in [4.78, 5) is 14.0. The van der Waals surface area contributed by atoms with Crippen LogP contribution in [0.3, 0.4) is 0 Å². The van der Waals surface area contributed by atoms with E-state index in [1.54, 1.807) is 24.5 Å². The Morgan fingerprint density at radius 1 is 1.23 bits per heavy atom. The van der Waals surface area contributed by atoms with E-state index in [0.29, 0.717) is 11.6 Å². The average Bonchev–Trinajstić information content (AvgIpc) is 2.61. The van der Waals surface area contributed by atoms with Gasteiger partial charge in [0.25, 0.3) is 0 Å². The van der Waals surface area contributed by atoms with Crippen molar-refractivity contribution >= 4 is 18.9 Å². The minimum Gasteiger partial charge on any atom is 2.00 e. The van der Waals surface area contributed by atoms with Crippen molar-refractivity contribution in [3.8, 4) is 5.88 Å². The summed E-state index contributed by atoms with van der Waals surface area (Å²) in [7, 11) is 1.54. The predicted octanol–water partition coefficient (Wildman–Crippen LogP) is 1.57. The molecule has 1 aromatic rings. The van der Waals surface area contributed by atoms with E-state index in [1.165, 1.54) is 7.11 Å². The molecular weight excluding hydrogens is 350 g/mol. The molecule has 0 aliphatic carbocycles. The Kier molecular flexibility index (Phi) is 54.4. The topological polar surface area (TPSA) is 98.9 Å². The van der Waals surface area contributed by atoms with Gasteiger partial charge in [0.15, 0.2) is 0 Å². The van der Waals surface area contributed by atoms with Gasteiger partial charge in [0.2, 0.25) is 5.88 Å². The van der Waals surface area contributed by atoms with Crippen molar-refractivity contribution in [2.75, 3.05) is 12.9 Å². The third-order valence-electron chi connectivity index (χ3n) is 1.45. The number of aromatic nitrogens is 1. The van der Waals surface area contributed by atoms with E-state index in [2.05, 4.69) is 44.5 Å². The van der Waals surface area contributed by atoms with Crippen molar-refractivity contribution in [2.24, 2.45) is 0 Å². The number of nitrogens with zero attached hydrogens (tertiary/aromatic N) is 1. The number of hydrogen-bond acceptors (Lipinski definition) is 4. The van der Waals surface area contributed by atoms with E-state index in [1.807, 2.05) is 0 Å². The van der Waals surface area contributed by atoms with E-state index >= 15 is 0 Å². The standard InChI is InChI=1S/C8H8NO2.C3H8S.3CO.Fe/c1-11-8-4-2-3-7(9-8)5-6-10;1-2-3-4;3*1-2;/h2-4H,5H2,1H3;4H,2-3H2,1H3;;;;/q-1;;;;;+2/p-1. The van der Waals surface area contributed by atoms with Crippen LogP contribution >= 0.6 is 0 Å². The molecule has 1 rings (SSSR count). The number of carbonyl (C=O) groups excluding carboxylic acids is 1. The number of rotatable bonds is 4. The summed E-state index contributed by atoms with van der Waals surface area (Å²) in [6, 6.07) is 5.28. The minimum atomic E-state index is 0. The van der Waals surface area contributed by atoms with E-state index in [-0.39, 0.29) is 23.5 Å². The average molecular weight is 365 g/mol. The Morgan fingerprint density at radius 3 is 2.00 bits per heavy atom. The van der Waals surface area contributed by atoms with E-state index in [4.69, 9.17) is 18.7 Å². The second-order valence-electron chi connectivity index (χ2n) is 2.70. The number of hydrogen-bond donors (Lipinski definition) is 0. The van der Waals surface area contributed by atoms with E-state index < -0.39 is 0 Å². The quantitative estimate of drug-likeness (QED) is 0.350. The SMILES string of the molecule is CCC[S-].COc1cccc(C[C-]=O)n1.[C-]#[O+].[C-]#[O+].[C-]#[O+].[Fe+2]. The first-order valence-electron chi connectivity index (χ1n) is 5.32. The second-order valence-corrected chi connectivity index (χ2v) is 3.10. The maximum absolute atomic E-state index is 9.97. The molecule has 0 aliphatic heterocycles. The molecule has 0 saturated heterocycles. The fourth-order valence-corrected chi connectivity index (χ4v) is 0.744. The van der Waals surface area contributed by atoms with Crippen LogP contribution in [0, 0.1) is 20.0 Å². The van der Waals surface area contributed by atoms with Gasteiger partial charge in [-0.25, -0.2) is 4.98 Å². The molecule has 0 amide bonds. The van der Waals surface area contributed by atoms with Crippen LogP contribution in [0.2, 0.25) is 0 Å². The van der Waals surface area contributed by atoms with Crippen molar-refractivity contribution in [1.82, 2.24) is 4.98 Å². The van der Waals surface area contributed by atoms with Gasteiger partial charge in [0.1, 0.15) is 0 Å². The molecule has 0 spiro atoms. The summed E-state index contributed by atoms with van der Waals surface area (Å²) in [6.07, 6.45) is 3.12. The van der Waals surface area contributed by atoms with E-state index in [0.717, 1.165) is 12.2 Å². The summed E-state index contributed by atoms with van der Waals surface area (Å²) in [6.45, 7) is 15.6. The molecule has 22 heavy (non-hydrogen) atoms. The van der Waals surface area contributed by atoms with Gasteiger partial charge in [-0.3, -0.25) is 6.29 Å². The first-order chi connectivity index (χ1) is 10.3. The van der Waals surface area contributed by atoms with Crippen molar-refractivity contribution in [3.05, 3.63) is 43.8 Å². The maximum atomic E-state index is 9.97. The van der Waals surface area contributed by atoms with Crippen LogP contribution in [0.1, 0.15) is 19.0 Å². The van der Waals surface area contributed by atoms with Crippen LogP contribution in [0.4, 0.5) is 0 Å². The molecule has 0 aromatic carbocycles. The van der Waals surface area contributed by atoms with Gasteiger partial charge in [-0.2, -0.15) is 5.75 Å². The number of methoxy groups -OCH3 is 1. The second kappa shape index (κ2) is 36.7. The zero-order chi connectivity index (χ0) is 17.5. The molecule has 0 bridgehead atoms. The van der Waals surface area contributed by atoms with Gasteiger partial charge in [-0.15, -0.1) is 6.42 Å². The van der Waals surface area contributed by atoms with Crippen molar-refractivity contribution in [1.29, 1.82) is 0 Å². The number of pyridine rings is 1. The first kappa shape index (κ1) is 32.6. The minimum absolute atomic E-state index is 0. The zero-order valence-electron chi connectivity index (χ0n) is 12.1. The summed E-state index contributed by atoms with van der Waals surface area (Å²) >= 11 is 4.55. The molecule has 6 nitrogen and oxygen atoms in total. The third-order valence-corrected chi connectivity index (χ3v) is 1.86. The Hall–Kier alpha value is -1.29. The fraction of sp³-hybridized carbons (Fsp3) is 0.357. The van der Waals surface area contributed by atoms with Gasteiger partial charge in [-0.1, -0.05) is 19.4 Å². The van der Waals surface area contributed by atoms with Crippen molar-refractivity contribution in [2.45, 2.75) is 19.8 Å². The normalized spacial score (nSPS) is 6.23. The first-order valence-corrected chi connectivity index (χ1v) is 5.90. The number of ether oxygens (including phenoxy) is 1. The van der Waals surface area contributed by atoms with Crippen LogP contribution in [0.15, 0.2) is 18.2 Å². The molecule has 0 fully saturated rings. The summed E-state index contributed by atoms with van der Waals surface area (Å²) in [5, 5.41) is 0. The molecule has 1 heterocycles. The van der Waals surface area contributed by atoms with Gasteiger partial charge < -0.3 is 22.2 Å². The maximum Gasteiger partial charge on any atom is 2.00 e. The Labute approximate surface area is 147 Å². The fourth-order valence-electron chi connectivity index (χ4n) is 0.744. The van der Waals surface area contributed by atoms with Crippen LogP contribution in [-0.4, -0.2) is 24.1 Å². The Morgan fingerprint density at radius 2 is 1.68 bits per heavy atom. The smallest absolute Gasteiger partial charge is 2.00 e. The molecule has 0 radical (unpaired) electrons. The van der Waals surface area contributed by atoms with Crippen LogP contribution in [-0.2, 0) is 54.9 Å². The van der Waals surface area contributed by atoms with Crippen LogP contribution in [0.5, 0.6) is 5.88 Å². The summed E-state index contributed by atoms with van der Waals surface area (Å²) in [5.41, 5.74) is 0.680. The molecule has 0 aliphatic rings. The largest absolute Gasteiger partial charge is 2.00 e. The molecule has 0 saturated carbocycles. The Bertz CT molecular complexity index is 380. The molecular formula is C14H15FeNO5S. The van der Waals surface area contributed by atoms with Gasteiger partial charge in [0.05, 0.1) is 7.11 Å². The molecule has 0 unspecified atom stereocenters. The van der Waals surface area contributed by atoms with Crippen molar-refractivity contribution < 1.29 is 40.6 Å². The molecule has 0 N–H and O–H groups in total. The summed E-state index contributed by atoms with van der Waals surface area (Å²) in [5.74, 6) is 1.43. The third kappa shape index (κ3) is 27.1. The monoisotopic (exact) mass is 365 g/mol. The molecule has 8 heteroatoms. The van der Waals surface area contributed by atoms with Gasteiger partial charge in [0, 0.05) is 11.8 Å². The Balaban J connectivity index is -0.0000000746. The van der Waals surface area contributed by atoms with E-state index in [9.17, 15) is 4.79 Å². The van der Waals surface area contributed by atoms with Crippen LogP contribution in [0.25, 0.3) is 0 Å². The van der Waals surface area contributed by atoms with Crippen molar-refractivity contribution in [3.63, 3.8) is 0 Å².